The van der Waals surface area contributed by atoms with Gasteiger partial charge < -0.3 is 24.6 Å². The number of halogens is 1. The summed E-state index contributed by atoms with van der Waals surface area (Å²) in [5, 5.41) is 3.13. The van der Waals surface area contributed by atoms with E-state index < -0.39 is 6.04 Å². The second-order valence-electron chi connectivity index (χ2n) is 6.46. The van der Waals surface area contributed by atoms with Crippen LogP contribution in [0.5, 0.6) is 0 Å². The van der Waals surface area contributed by atoms with Crippen molar-refractivity contribution in [1.29, 1.82) is 0 Å². The summed E-state index contributed by atoms with van der Waals surface area (Å²) < 4.78 is 10.1. The first-order chi connectivity index (χ1) is 12.1. The third-order valence-electron chi connectivity index (χ3n) is 4.72. The maximum Gasteiger partial charge on any atom is 0.310 e. The van der Waals surface area contributed by atoms with Gasteiger partial charge in [-0.3, -0.25) is 14.4 Å². The van der Waals surface area contributed by atoms with Crippen LogP contribution in [0.4, 0.5) is 0 Å². The number of hydrogen-bond donors (Lipinski definition) is 1. The maximum atomic E-state index is 12.6. The number of likely N-dealkylation sites (tertiary alicyclic amines) is 1. The van der Waals surface area contributed by atoms with Crippen LogP contribution in [0.3, 0.4) is 0 Å². The number of amides is 2. The number of nitrogens with one attached hydrogen (secondary N) is 1. The zero-order chi connectivity index (χ0) is 18.2. The lowest BCUT2D eigenvalue weighted by atomic mass is 9.97. The average Bonchev–Trinajstić information content (AvgIpc) is 2.62. The summed E-state index contributed by atoms with van der Waals surface area (Å²) in [6.45, 7) is 5.45. The number of carbonyl (C=O) groups is 3. The van der Waals surface area contributed by atoms with Crippen molar-refractivity contribution in [2.45, 2.75) is 32.2 Å². The van der Waals surface area contributed by atoms with Gasteiger partial charge in [-0.1, -0.05) is 0 Å². The van der Waals surface area contributed by atoms with E-state index in [4.69, 9.17) is 9.47 Å². The Balaban J connectivity index is 0.00000338. The Hall–Kier alpha value is -1.38. The Morgan fingerprint density at radius 1 is 1.31 bits per heavy atom. The predicted molar refractivity (Wildman–Crippen MR) is 98.0 cm³/mol. The highest BCUT2D eigenvalue weighted by molar-refractivity contribution is 5.89. The van der Waals surface area contributed by atoms with E-state index in [1.165, 1.54) is 0 Å². The van der Waals surface area contributed by atoms with E-state index in [9.17, 15) is 14.4 Å². The minimum atomic E-state index is -0.499. The standard InChI is InChI=1S/C17H29N3O5.ClH/c1-3-25-17(23)13-5-4-7-20(12-13)15(21)11-14-16(22)19(8-6-18-14)9-10-24-2;/h13-14,18H,3-12H2,1-2H3;1H. The van der Waals surface area contributed by atoms with Gasteiger partial charge in [0.15, 0.2) is 0 Å². The largest absolute Gasteiger partial charge is 0.466 e. The number of nitrogens with zero attached hydrogens (tertiary/aromatic N) is 2. The molecule has 8 nitrogen and oxygen atoms in total. The molecular formula is C17H30ClN3O5. The minimum absolute atomic E-state index is 0. The van der Waals surface area contributed by atoms with Gasteiger partial charge in [0, 0.05) is 39.8 Å². The van der Waals surface area contributed by atoms with Crippen molar-refractivity contribution in [3.63, 3.8) is 0 Å². The Bertz CT molecular complexity index is 491. The number of ether oxygens (including phenoxy) is 2. The summed E-state index contributed by atoms with van der Waals surface area (Å²) in [7, 11) is 1.60. The van der Waals surface area contributed by atoms with E-state index in [0.29, 0.717) is 45.9 Å². The van der Waals surface area contributed by atoms with Crippen molar-refractivity contribution in [3.8, 4) is 0 Å². The number of piperazine rings is 1. The third kappa shape index (κ3) is 6.10. The average molecular weight is 392 g/mol. The molecule has 0 saturated carbocycles. The predicted octanol–water partition coefficient (Wildman–Crippen LogP) is 0.0468. The zero-order valence-electron chi connectivity index (χ0n) is 15.6. The van der Waals surface area contributed by atoms with E-state index in [0.717, 1.165) is 12.8 Å². The van der Waals surface area contributed by atoms with Crippen molar-refractivity contribution < 1.29 is 23.9 Å². The topological polar surface area (TPSA) is 88.2 Å². The van der Waals surface area contributed by atoms with Crippen LogP contribution in [0.1, 0.15) is 26.2 Å². The molecule has 1 N–H and O–H groups in total. The molecule has 26 heavy (non-hydrogen) atoms. The molecule has 2 aliphatic rings. The van der Waals surface area contributed by atoms with Gasteiger partial charge >= 0.3 is 5.97 Å². The molecule has 0 radical (unpaired) electrons. The molecule has 2 aliphatic heterocycles. The molecule has 0 aromatic heterocycles. The maximum absolute atomic E-state index is 12.6. The van der Waals surface area contributed by atoms with Gasteiger partial charge in [-0.15, -0.1) is 12.4 Å². The van der Waals surface area contributed by atoms with Crippen LogP contribution >= 0.6 is 12.4 Å². The van der Waals surface area contributed by atoms with Crippen molar-refractivity contribution >= 4 is 30.2 Å². The molecule has 0 aromatic carbocycles. The van der Waals surface area contributed by atoms with Crippen LogP contribution in [-0.4, -0.2) is 86.7 Å². The molecular weight excluding hydrogens is 362 g/mol. The van der Waals surface area contributed by atoms with Crippen LogP contribution in [0.2, 0.25) is 0 Å². The van der Waals surface area contributed by atoms with E-state index in [1.807, 2.05) is 0 Å². The summed E-state index contributed by atoms with van der Waals surface area (Å²) in [6, 6.07) is -0.499. The highest BCUT2D eigenvalue weighted by Crippen LogP contribution is 2.19. The number of hydrogen-bond acceptors (Lipinski definition) is 6. The molecule has 2 rings (SSSR count). The molecule has 2 fully saturated rings. The smallest absolute Gasteiger partial charge is 0.310 e. The number of piperidine rings is 1. The van der Waals surface area contributed by atoms with Crippen molar-refractivity contribution in [3.05, 3.63) is 0 Å². The number of esters is 1. The van der Waals surface area contributed by atoms with Crippen molar-refractivity contribution in [2.24, 2.45) is 5.92 Å². The molecule has 0 aliphatic carbocycles. The van der Waals surface area contributed by atoms with Gasteiger partial charge in [0.25, 0.3) is 0 Å². The SMILES string of the molecule is CCOC(=O)C1CCCN(C(=O)CC2NCCN(CCOC)C2=O)C1.Cl. The number of rotatable bonds is 7. The van der Waals surface area contributed by atoms with E-state index >= 15 is 0 Å². The summed E-state index contributed by atoms with van der Waals surface area (Å²) in [5.41, 5.74) is 0. The molecule has 0 bridgehead atoms. The summed E-state index contributed by atoms with van der Waals surface area (Å²) in [6.07, 6.45) is 1.65. The Morgan fingerprint density at radius 2 is 2.08 bits per heavy atom. The van der Waals surface area contributed by atoms with E-state index in [1.54, 1.807) is 23.8 Å². The van der Waals surface area contributed by atoms with Crippen molar-refractivity contribution in [1.82, 2.24) is 15.1 Å². The lowest BCUT2D eigenvalue weighted by Crippen LogP contribution is -2.57. The lowest BCUT2D eigenvalue weighted by Gasteiger charge is -2.35. The monoisotopic (exact) mass is 391 g/mol. The first-order valence-electron chi connectivity index (χ1n) is 9.02. The zero-order valence-corrected chi connectivity index (χ0v) is 16.4. The number of methoxy groups -OCH3 is 1. The van der Waals surface area contributed by atoms with E-state index in [-0.39, 0.29) is 42.5 Å². The van der Waals surface area contributed by atoms with Crippen LogP contribution in [-0.2, 0) is 23.9 Å². The van der Waals surface area contributed by atoms with Gasteiger partial charge in [-0.05, 0) is 19.8 Å². The Morgan fingerprint density at radius 3 is 2.77 bits per heavy atom. The second-order valence-corrected chi connectivity index (χ2v) is 6.46. The molecule has 2 atom stereocenters. The van der Waals surface area contributed by atoms with E-state index in [2.05, 4.69) is 5.32 Å². The molecule has 0 spiro atoms. The Labute approximate surface area is 161 Å². The summed E-state index contributed by atoms with van der Waals surface area (Å²) in [4.78, 5) is 40.4. The summed E-state index contributed by atoms with van der Waals surface area (Å²) in [5.74, 6) is -0.646. The van der Waals surface area contributed by atoms with Crippen LogP contribution in [0.25, 0.3) is 0 Å². The normalized spacial score (nSPS) is 23.4. The lowest BCUT2D eigenvalue weighted by molar-refractivity contribution is -0.152. The Kier molecular flexibility index (Phi) is 9.90. The highest BCUT2D eigenvalue weighted by Gasteiger charge is 2.34. The molecule has 150 valence electrons. The van der Waals surface area contributed by atoms with Crippen LogP contribution < -0.4 is 5.32 Å². The fourth-order valence-corrected chi connectivity index (χ4v) is 3.33. The first-order valence-corrected chi connectivity index (χ1v) is 9.02. The molecule has 2 unspecified atom stereocenters. The number of carbonyl (C=O) groups excluding carboxylic acids is 3. The second kappa shape index (κ2) is 11.4. The van der Waals surface area contributed by atoms with Crippen molar-refractivity contribution in [2.75, 3.05) is 53.0 Å². The minimum Gasteiger partial charge on any atom is -0.466 e. The van der Waals surface area contributed by atoms with Gasteiger partial charge in [0.2, 0.25) is 11.8 Å². The van der Waals surface area contributed by atoms with Gasteiger partial charge in [0.05, 0.1) is 31.6 Å². The quantitative estimate of drug-likeness (QED) is 0.617. The fraction of sp³-hybridized carbons (Fsp3) is 0.824. The van der Waals surface area contributed by atoms with Gasteiger partial charge in [0.1, 0.15) is 0 Å². The first kappa shape index (κ1) is 22.7. The van der Waals surface area contributed by atoms with Crippen LogP contribution in [0, 0.1) is 5.92 Å². The van der Waals surface area contributed by atoms with Gasteiger partial charge in [-0.25, -0.2) is 0 Å². The van der Waals surface area contributed by atoms with Crippen LogP contribution in [0.15, 0.2) is 0 Å². The highest BCUT2D eigenvalue weighted by atomic mass is 35.5. The molecule has 2 amide bonds. The molecule has 0 aromatic rings. The fourth-order valence-electron chi connectivity index (χ4n) is 3.33. The summed E-state index contributed by atoms with van der Waals surface area (Å²) >= 11 is 0. The third-order valence-corrected chi connectivity index (χ3v) is 4.72. The van der Waals surface area contributed by atoms with Gasteiger partial charge in [-0.2, -0.15) is 0 Å². The molecule has 2 heterocycles. The molecule has 9 heteroatoms. The molecule has 2 saturated heterocycles.